The van der Waals surface area contributed by atoms with Crippen LogP contribution in [0.3, 0.4) is 0 Å². The number of amides is 2. The van der Waals surface area contributed by atoms with Crippen molar-refractivity contribution in [3.63, 3.8) is 0 Å². The number of furan rings is 1. The lowest BCUT2D eigenvalue weighted by Crippen LogP contribution is -2.23. The van der Waals surface area contributed by atoms with Crippen molar-refractivity contribution in [1.82, 2.24) is 5.32 Å². The number of nitrogens with one attached hydrogen (secondary N) is 2. The van der Waals surface area contributed by atoms with Gasteiger partial charge in [-0.2, -0.15) is 0 Å². The minimum atomic E-state index is -0.598. The number of nitro benzene ring substituents is 1. The standard InChI is InChI=1S/C19H15N3O5/c23-18(15-7-1-2-8-16(15)22(25)26)20-12-13-5-3-6-14(11-13)21-19(24)17-9-4-10-27-17/h1-11H,12H2,(H,20,23)(H,21,24). The monoisotopic (exact) mass is 365 g/mol. The molecule has 27 heavy (non-hydrogen) atoms. The first-order valence-corrected chi connectivity index (χ1v) is 8.00. The van der Waals surface area contributed by atoms with E-state index < -0.39 is 10.8 Å². The van der Waals surface area contributed by atoms with E-state index in [0.29, 0.717) is 5.69 Å². The average Bonchev–Trinajstić information content (AvgIpc) is 3.21. The molecule has 1 aromatic heterocycles. The van der Waals surface area contributed by atoms with Crippen LogP contribution in [0.2, 0.25) is 0 Å². The Morgan fingerprint density at radius 3 is 2.56 bits per heavy atom. The SMILES string of the molecule is O=C(Nc1cccc(CNC(=O)c2ccccc2[N+](=O)[O-])c1)c1ccco1. The Morgan fingerprint density at radius 1 is 1.00 bits per heavy atom. The number of nitrogens with zero attached hydrogens (tertiary/aromatic N) is 1. The van der Waals surface area contributed by atoms with Gasteiger partial charge in [0.15, 0.2) is 5.76 Å². The third-order valence-corrected chi connectivity index (χ3v) is 3.73. The maximum Gasteiger partial charge on any atom is 0.291 e. The quantitative estimate of drug-likeness (QED) is 0.513. The van der Waals surface area contributed by atoms with E-state index in [1.54, 1.807) is 42.5 Å². The van der Waals surface area contributed by atoms with Crippen LogP contribution in [0.15, 0.2) is 71.3 Å². The van der Waals surface area contributed by atoms with Crippen LogP contribution in [-0.2, 0) is 6.54 Å². The summed E-state index contributed by atoms with van der Waals surface area (Å²) in [6.07, 6.45) is 1.41. The minimum Gasteiger partial charge on any atom is -0.459 e. The van der Waals surface area contributed by atoms with Crippen molar-refractivity contribution in [2.24, 2.45) is 0 Å². The Kier molecular flexibility index (Phi) is 5.27. The molecular weight excluding hydrogens is 350 g/mol. The fourth-order valence-electron chi connectivity index (χ4n) is 2.46. The molecular formula is C19H15N3O5. The van der Waals surface area contributed by atoms with Crippen LogP contribution in [0.5, 0.6) is 0 Å². The molecule has 0 aliphatic heterocycles. The van der Waals surface area contributed by atoms with Gasteiger partial charge in [-0.1, -0.05) is 24.3 Å². The molecule has 0 unspecified atom stereocenters. The molecule has 136 valence electrons. The Morgan fingerprint density at radius 2 is 1.81 bits per heavy atom. The fraction of sp³-hybridized carbons (Fsp3) is 0.0526. The molecule has 0 atom stereocenters. The van der Waals surface area contributed by atoms with Gasteiger partial charge in [0.1, 0.15) is 5.56 Å². The Balaban J connectivity index is 1.66. The number of carbonyl (C=O) groups is 2. The smallest absolute Gasteiger partial charge is 0.291 e. The lowest BCUT2D eigenvalue weighted by Gasteiger charge is -2.08. The van der Waals surface area contributed by atoms with Crippen molar-refractivity contribution in [3.05, 3.63) is 93.9 Å². The highest BCUT2D eigenvalue weighted by molar-refractivity contribution is 6.02. The molecule has 1 heterocycles. The number of para-hydroxylation sites is 1. The van der Waals surface area contributed by atoms with Crippen molar-refractivity contribution < 1.29 is 18.9 Å². The third kappa shape index (κ3) is 4.37. The summed E-state index contributed by atoms with van der Waals surface area (Å²) in [5.74, 6) is -0.751. The largest absolute Gasteiger partial charge is 0.459 e. The van der Waals surface area contributed by atoms with Crippen LogP contribution in [0, 0.1) is 10.1 Å². The van der Waals surface area contributed by atoms with Gasteiger partial charge in [-0.15, -0.1) is 0 Å². The highest BCUT2D eigenvalue weighted by atomic mass is 16.6. The molecule has 8 heteroatoms. The fourth-order valence-corrected chi connectivity index (χ4v) is 2.46. The number of carbonyl (C=O) groups excluding carboxylic acids is 2. The highest BCUT2D eigenvalue weighted by Gasteiger charge is 2.18. The second-order valence-electron chi connectivity index (χ2n) is 5.59. The van der Waals surface area contributed by atoms with E-state index in [1.807, 2.05) is 0 Å². The Bertz CT molecular complexity index is 983. The van der Waals surface area contributed by atoms with Gasteiger partial charge in [-0.05, 0) is 35.9 Å². The normalized spacial score (nSPS) is 10.2. The van der Waals surface area contributed by atoms with Crippen molar-refractivity contribution in [3.8, 4) is 0 Å². The lowest BCUT2D eigenvalue weighted by atomic mass is 10.1. The number of hydrogen-bond acceptors (Lipinski definition) is 5. The summed E-state index contributed by atoms with van der Waals surface area (Å²) in [5.41, 5.74) is 0.993. The first-order chi connectivity index (χ1) is 13.0. The topological polar surface area (TPSA) is 114 Å². The third-order valence-electron chi connectivity index (χ3n) is 3.73. The molecule has 3 rings (SSSR count). The minimum absolute atomic E-state index is 0.00947. The number of benzene rings is 2. The van der Waals surface area contributed by atoms with Gasteiger partial charge in [0.05, 0.1) is 11.2 Å². The average molecular weight is 365 g/mol. The van der Waals surface area contributed by atoms with Gasteiger partial charge in [0.2, 0.25) is 0 Å². The summed E-state index contributed by atoms with van der Waals surface area (Å²) in [6.45, 7) is 0.148. The zero-order valence-corrected chi connectivity index (χ0v) is 14.0. The van der Waals surface area contributed by atoms with Crippen LogP contribution in [0.25, 0.3) is 0 Å². The van der Waals surface area contributed by atoms with Crippen molar-refractivity contribution in [2.45, 2.75) is 6.54 Å². The molecule has 2 amide bonds. The number of anilines is 1. The summed E-state index contributed by atoms with van der Waals surface area (Å²) in [5, 5.41) is 16.4. The summed E-state index contributed by atoms with van der Waals surface area (Å²) in [7, 11) is 0. The van der Waals surface area contributed by atoms with Crippen LogP contribution in [0.4, 0.5) is 11.4 Å². The van der Waals surface area contributed by atoms with Crippen molar-refractivity contribution >= 4 is 23.2 Å². The van der Waals surface area contributed by atoms with Crippen molar-refractivity contribution in [2.75, 3.05) is 5.32 Å². The van der Waals surface area contributed by atoms with E-state index in [-0.39, 0.29) is 29.5 Å². The molecule has 3 aromatic rings. The zero-order valence-electron chi connectivity index (χ0n) is 14.0. The highest BCUT2D eigenvalue weighted by Crippen LogP contribution is 2.18. The van der Waals surface area contributed by atoms with E-state index in [9.17, 15) is 19.7 Å². The Labute approximate surface area is 154 Å². The molecule has 0 spiro atoms. The molecule has 0 saturated carbocycles. The number of nitro groups is 1. The molecule has 0 bridgehead atoms. The van der Waals surface area contributed by atoms with Gasteiger partial charge >= 0.3 is 0 Å². The summed E-state index contributed by atoms with van der Waals surface area (Å²) in [4.78, 5) is 34.7. The first-order valence-electron chi connectivity index (χ1n) is 8.00. The molecule has 0 aliphatic carbocycles. The van der Waals surface area contributed by atoms with Crippen molar-refractivity contribution in [1.29, 1.82) is 0 Å². The summed E-state index contributed by atoms with van der Waals surface area (Å²) in [6, 6.07) is 15.8. The predicted molar refractivity (Wildman–Crippen MR) is 97.4 cm³/mol. The van der Waals surface area contributed by atoms with Gasteiger partial charge in [-0.3, -0.25) is 19.7 Å². The number of hydrogen-bond donors (Lipinski definition) is 2. The number of rotatable bonds is 6. The second kappa shape index (κ2) is 7.96. The molecule has 8 nitrogen and oxygen atoms in total. The van der Waals surface area contributed by atoms with Gasteiger partial charge in [0.25, 0.3) is 17.5 Å². The van der Waals surface area contributed by atoms with Gasteiger partial charge in [-0.25, -0.2) is 0 Å². The van der Waals surface area contributed by atoms with E-state index in [1.165, 1.54) is 24.5 Å². The van der Waals surface area contributed by atoms with E-state index in [0.717, 1.165) is 5.56 Å². The van der Waals surface area contributed by atoms with Gasteiger partial charge in [0, 0.05) is 18.3 Å². The Hall–Kier alpha value is -3.94. The van der Waals surface area contributed by atoms with Crippen LogP contribution in [0.1, 0.15) is 26.5 Å². The van der Waals surface area contributed by atoms with E-state index >= 15 is 0 Å². The van der Waals surface area contributed by atoms with Crippen LogP contribution in [-0.4, -0.2) is 16.7 Å². The molecule has 0 saturated heterocycles. The first kappa shape index (κ1) is 17.9. The predicted octanol–water partition coefficient (Wildman–Crippen LogP) is 3.37. The molecule has 0 radical (unpaired) electrons. The lowest BCUT2D eigenvalue weighted by molar-refractivity contribution is -0.385. The molecule has 0 aliphatic rings. The van der Waals surface area contributed by atoms with E-state index in [2.05, 4.69) is 10.6 Å². The summed E-state index contributed by atoms with van der Waals surface area (Å²) < 4.78 is 5.03. The zero-order chi connectivity index (χ0) is 19.2. The second-order valence-corrected chi connectivity index (χ2v) is 5.59. The maximum atomic E-state index is 12.3. The molecule has 0 fully saturated rings. The van der Waals surface area contributed by atoms with Gasteiger partial charge < -0.3 is 15.1 Å². The van der Waals surface area contributed by atoms with Crippen LogP contribution < -0.4 is 10.6 Å². The summed E-state index contributed by atoms with van der Waals surface area (Å²) >= 11 is 0. The molecule has 2 aromatic carbocycles. The molecule has 2 N–H and O–H groups in total. The van der Waals surface area contributed by atoms with Crippen LogP contribution >= 0.6 is 0 Å². The maximum absolute atomic E-state index is 12.3. The van der Waals surface area contributed by atoms with E-state index in [4.69, 9.17) is 4.42 Å².